The molecular formula is C22H23N5O2. The van der Waals surface area contributed by atoms with Gasteiger partial charge in [-0.3, -0.25) is 9.78 Å². The second-order valence-corrected chi connectivity index (χ2v) is 6.88. The van der Waals surface area contributed by atoms with Gasteiger partial charge in [0.1, 0.15) is 11.6 Å². The molecule has 148 valence electrons. The van der Waals surface area contributed by atoms with Gasteiger partial charge in [-0.2, -0.15) is 0 Å². The lowest BCUT2D eigenvalue weighted by molar-refractivity contribution is 0.100. The fourth-order valence-electron chi connectivity index (χ4n) is 3.44. The van der Waals surface area contributed by atoms with E-state index in [0.717, 1.165) is 49.0 Å². The van der Waals surface area contributed by atoms with E-state index in [1.807, 2.05) is 24.3 Å². The Hall–Kier alpha value is -3.61. The molecule has 2 heterocycles. The maximum atomic E-state index is 11.2. The van der Waals surface area contributed by atoms with Crippen molar-refractivity contribution in [2.45, 2.75) is 0 Å². The standard InChI is InChI=1S/C22H23N5O2/c1-29-19-8-6-18(7-9-19)26-10-12-27(13-11-26)21-15-24-14-20(25-21)16-2-4-17(5-3-16)22(23)28/h2-9,14-15H,10-13H2,1H3,(H2,23,28). The van der Waals surface area contributed by atoms with Crippen LogP contribution in [0.5, 0.6) is 5.75 Å². The molecule has 1 amide bonds. The number of nitrogens with two attached hydrogens (primary N) is 1. The first kappa shape index (κ1) is 18.7. The van der Waals surface area contributed by atoms with Crippen molar-refractivity contribution < 1.29 is 9.53 Å². The summed E-state index contributed by atoms with van der Waals surface area (Å²) in [4.78, 5) is 25.0. The molecule has 4 rings (SSSR count). The molecule has 1 aliphatic rings. The number of hydrogen-bond acceptors (Lipinski definition) is 6. The Morgan fingerprint density at radius 3 is 2.21 bits per heavy atom. The molecule has 0 radical (unpaired) electrons. The third-order valence-electron chi connectivity index (χ3n) is 5.13. The summed E-state index contributed by atoms with van der Waals surface area (Å²) in [7, 11) is 1.68. The van der Waals surface area contributed by atoms with E-state index >= 15 is 0 Å². The zero-order chi connectivity index (χ0) is 20.2. The van der Waals surface area contributed by atoms with Gasteiger partial charge in [0.15, 0.2) is 0 Å². The molecule has 0 unspecified atom stereocenters. The molecule has 2 N–H and O–H groups in total. The monoisotopic (exact) mass is 389 g/mol. The van der Waals surface area contributed by atoms with Gasteiger partial charge in [-0.05, 0) is 36.4 Å². The van der Waals surface area contributed by atoms with Crippen LogP contribution < -0.4 is 20.3 Å². The summed E-state index contributed by atoms with van der Waals surface area (Å²) in [6.45, 7) is 3.55. The van der Waals surface area contributed by atoms with Gasteiger partial charge in [0, 0.05) is 43.0 Å². The lowest BCUT2D eigenvalue weighted by atomic mass is 10.1. The molecule has 0 saturated carbocycles. The number of carbonyl (C=O) groups excluding carboxylic acids is 1. The molecular weight excluding hydrogens is 366 g/mol. The highest BCUT2D eigenvalue weighted by Gasteiger charge is 2.19. The Labute approximate surface area is 169 Å². The van der Waals surface area contributed by atoms with Crippen LogP contribution in [0.25, 0.3) is 11.3 Å². The second kappa shape index (κ2) is 8.18. The molecule has 0 aliphatic carbocycles. The molecule has 0 spiro atoms. The Kier molecular flexibility index (Phi) is 5.29. The molecule has 1 fully saturated rings. The maximum Gasteiger partial charge on any atom is 0.248 e. The predicted octanol–water partition coefficient (Wildman–Crippen LogP) is 2.58. The van der Waals surface area contributed by atoms with Gasteiger partial charge in [-0.1, -0.05) is 12.1 Å². The van der Waals surface area contributed by atoms with Crippen LogP contribution in [-0.2, 0) is 0 Å². The van der Waals surface area contributed by atoms with E-state index < -0.39 is 5.91 Å². The summed E-state index contributed by atoms with van der Waals surface area (Å²) >= 11 is 0. The zero-order valence-electron chi connectivity index (χ0n) is 16.3. The number of anilines is 2. The fraction of sp³-hybridized carbons (Fsp3) is 0.227. The van der Waals surface area contributed by atoms with Gasteiger partial charge in [0.25, 0.3) is 0 Å². The second-order valence-electron chi connectivity index (χ2n) is 6.88. The summed E-state index contributed by atoms with van der Waals surface area (Å²) < 4.78 is 5.23. The van der Waals surface area contributed by atoms with Crippen molar-refractivity contribution in [2.24, 2.45) is 5.73 Å². The summed E-state index contributed by atoms with van der Waals surface area (Å²) in [6, 6.07) is 15.2. The molecule has 0 bridgehead atoms. The average molecular weight is 389 g/mol. The zero-order valence-corrected chi connectivity index (χ0v) is 16.3. The van der Waals surface area contributed by atoms with Gasteiger partial charge in [-0.15, -0.1) is 0 Å². The number of aromatic nitrogens is 2. The van der Waals surface area contributed by atoms with Crippen LogP contribution in [0.3, 0.4) is 0 Å². The normalized spacial score (nSPS) is 14.0. The third-order valence-corrected chi connectivity index (χ3v) is 5.13. The van der Waals surface area contributed by atoms with Gasteiger partial charge in [0.05, 0.1) is 25.2 Å². The average Bonchev–Trinajstić information content (AvgIpc) is 2.79. The summed E-state index contributed by atoms with van der Waals surface area (Å²) in [6.07, 6.45) is 3.53. The van der Waals surface area contributed by atoms with Crippen molar-refractivity contribution in [2.75, 3.05) is 43.1 Å². The van der Waals surface area contributed by atoms with E-state index in [4.69, 9.17) is 15.5 Å². The summed E-state index contributed by atoms with van der Waals surface area (Å²) in [5.41, 5.74) is 8.66. The van der Waals surface area contributed by atoms with Gasteiger partial charge < -0.3 is 20.3 Å². The molecule has 1 aromatic heterocycles. The number of ether oxygens (including phenoxy) is 1. The largest absolute Gasteiger partial charge is 0.497 e. The topological polar surface area (TPSA) is 84.6 Å². The van der Waals surface area contributed by atoms with E-state index in [1.54, 1.807) is 31.6 Å². The van der Waals surface area contributed by atoms with E-state index in [-0.39, 0.29) is 0 Å². The van der Waals surface area contributed by atoms with Crippen molar-refractivity contribution in [3.63, 3.8) is 0 Å². The van der Waals surface area contributed by atoms with Gasteiger partial charge >= 0.3 is 0 Å². The maximum absolute atomic E-state index is 11.2. The lowest BCUT2D eigenvalue weighted by Crippen LogP contribution is -2.46. The highest BCUT2D eigenvalue weighted by Crippen LogP contribution is 2.24. The molecule has 29 heavy (non-hydrogen) atoms. The van der Waals surface area contributed by atoms with Crippen molar-refractivity contribution in [3.8, 4) is 17.0 Å². The van der Waals surface area contributed by atoms with E-state index in [9.17, 15) is 4.79 Å². The third kappa shape index (κ3) is 4.13. The Morgan fingerprint density at radius 2 is 1.59 bits per heavy atom. The van der Waals surface area contributed by atoms with Crippen LogP contribution in [0.2, 0.25) is 0 Å². The van der Waals surface area contributed by atoms with Crippen LogP contribution in [0, 0.1) is 0 Å². The quantitative estimate of drug-likeness (QED) is 0.722. The molecule has 1 saturated heterocycles. The number of amides is 1. The number of hydrogen-bond donors (Lipinski definition) is 1. The number of carbonyl (C=O) groups is 1. The van der Waals surface area contributed by atoms with Crippen LogP contribution in [-0.4, -0.2) is 49.2 Å². The first-order chi connectivity index (χ1) is 14.1. The smallest absolute Gasteiger partial charge is 0.248 e. The molecule has 1 aliphatic heterocycles. The Bertz CT molecular complexity index is 981. The van der Waals surface area contributed by atoms with Crippen LogP contribution in [0.4, 0.5) is 11.5 Å². The first-order valence-corrected chi connectivity index (χ1v) is 9.50. The minimum atomic E-state index is -0.439. The molecule has 3 aromatic rings. The highest BCUT2D eigenvalue weighted by atomic mass is 16.5. The number of methoxy groups -OCH3 is 1. The fourth-order valence-corrected chi connectivity index (χ4v) is 3.44. The van der Waals surface area contributed by atoms with Crippen LogP contribution in [0.1, 0.15) is 10.4 Å². The molecule has 7 nitrogen and oxygen atoms in total. The number of primary amides is 1. The minimum absolute atomic E-state index is 0.439. The SMILES string of the molecule is COc1ccc(N2CCN(c3cncc(-c4ccc(C(N)=O)cc4)n3)CC2)cc1. The van der Waals surface area contributed by atoms with Gasteiger partial charge in [0.2, 0.25) is 5.91 Å². The number of nitrogens with zero attached hydrogens (tertiary/aromatic N) is 4. The van der Waals surface area contributed by atoms with Gasteiger partial charge in [-0.25, -0.2) is 4.98 Å². The number of piperazine rings is 1. The summed E-state index contributed by atoms with van der Waals surface area (Å²) in [5.74, 6) is 1.28. The number of benzene rings is 2. The first-order valence-electron chi connectivity index (χ1n) is 9.50. The van der Waals surface area contributed by atoms with E-state index in [1.165, 1.54) is 5.69 Å². The van der Waals surface area contributed by atoms with E-state index in [0.29, 0.717) is 5.56 Å². The van der Waals surface area contributed by atoms with E-state index in [2.05, 4.69) is 26.9 Å². The minimum Gasteiger partial charge on any atom is -0.497 e. The summed E-state index contributed by atoms with van der Waals surface area (Å²) in [5, 5.41) is 0. The van der Waals surface area contributed by atoms with Crippen molar-refractivity contribution in [3.05, 3.63) is 66.5 Å². The highest BCUT2D eigenvalue weighted by molar-refractivity contribution is 5.93. The van der Waals surface area contributed by atoms with Crippen molar-refractivity contribution in [1.82, 2.24) is 9.97 Å². The predicted molar refractivity (Wildman–Crippen MR) is 113 cm³/mol. The molecule has 7 heteroatoms. The Balaban J connectivity index is 1.44. The number of rotatable bonds is 5. The van der Waals surface area contributed by atoms with Crippen LogP contribution >= 0.6 is 0 Å². The molecule has 0 atom stereocenters. The Morgan fingerprint density at radius 1 is 0.931 bits per heavy atom. The lowest BCUT2D eigenvalue weighted by Gasteiger charge is -2.36. The molecule has 2 aromatic carbocycles. The van der Waals surface area contributed by atoms with Crippen molar-refractivity contribution >= 4 is 17.4 Å². The van der Waals surface area contributed by atoms with Crippen LogP contribution in [0.15, 0.2) is 60.9 Å². The van der Waals surface area contributed by atoms with Crippen molar-refractivity contribution in [1.29, 1.82) is 0 Å².